The summed E-state index contributed by atoms with van der Waals surface area (Å²) in [6.45, 7) is 0.432. The number of benzene rings is 2. The molecule has 2 amide bonds. The fraction of sp³-hybridized carbons (Fsp3) is 0.308. The van der Waals surface area contributed by atoms with Crippen LogP contribution in [0.2, 0.25) is 0 Å². The number of alkyl carbamates (subject to hydrolysis) is 1. The van der Waals surface area contributed by atoms with Gasteiger partial charge in [0.05, 0.1) is 6.33 Å². The lowest BCUT2D eigenvalue weighted by Gasteiger charge is -2.19. The summed E-state index contributed by atoms with van der Waals surface area (Å²) in [7, 11) is 1.86. The van der Waals surface area contributed by atoms with Gasteiger partial charge >= 0.3 is 12.1 Å². The lowest BCUT2D eigenvalue weighted by Crippen LogP contribution is -2.47. The van der Waals surface area contributed by atoms with Crippen molar-refractivity contribution in [1.82, 2.24) is 20.2 Å². The summed E-state index contributed by atoms with van der Waals surface area (Å²) in [5.41, 5.74) is 5.33. The van der Waals surface area contributed by atoms with Crippen LogP contribution in [0, 0.1) is 0 Å². The molecule has 0 saturated carbocycles. The Bertz CT molecular complexity index is 1180. The van der Waals surface area contributed by atoms with Gasteiger partial charge in [0.1, 0.15) is 12.6 Å². The molecule has 9 nitrogen and oxygen atoms in total. The summed E-state index contributed by atoms with van der Waals surface area (Å²) >= 11 is 0. The van der Waals surface area contributed by atoms with Crippen LogP contribution in [0.3, 0.4) is 0 Å². The minimum absolute atomic E-state index is 0.0446. The van der Waals surface area contributed by atoms with Crippen molar-refractivity contribution in [2.75, 3.05) is 13.2 Å². The normalized spacial score (nSPS) is 12.9. The number of nitrogens with one attached hydrogen (secondary N) is 2. The molecular weight excluding hydrogens is 448 g/mol. The van der Waals surface area contributed by atoms with Crippen molar-refractivity contribution >= 4 is 18.0 Å². The van der Waals surface area contributed by atoms with E-state index in [0.717, 1.165) is 27.9 Å². The van der Waals surface area contributed by atoms with Crippen LogP contribution in [0.4, 0.5) is 4.79 Å². The molecule has 1 aliphatic rings. The molecule has 4 rings (SSSR count). The zero-order chi connectivity index (χ0) is 24.8. The number of hydrogen-bond donors (Lipinski definition) is 3. The largest absolute Gasteiger partial charge is 0.481 e. The molecule has 3 N–H and O–H groups in total. The van der Waals surface area contributed by atoms with Crippen LogP contribution < -0.4 is 10.6 Å². The maximum absolute atomic E-state index is 12.7. The molecule has 0 spiro atoms. The summed E-state index contributed by atoms with van der Waals surface area (Å²) in [5.74, 6) is -1.62. The van der Waals surface area contributed by atoms with Crippen LogP contribution >= 0.6 is 0 Å². The molecule has 1 aliphatic carbocycles. The van der Waals surface area contributed by atoms with Gasteiger partial charge in [-0.2, -0.15) is 0 Å². The summed E-state index contributed by atoms with van der Waals surface area (Å²) < 4.78 is 7.37. The molecular formula is C26H28N4O5. The maximum atomic E-state index is 12.7. The summed E-state index contributed by atoms with van der Waals surface area (Å²) in [6, 6.07) is 15.0. The van der Waals surface area contributed by atoms with Crippen molar-refractivity contribution in [3.05, 3.63) is 77.9 Å². The predicted molar refractivity (Wildman–Crippen MR) is 129 cm³/mol. The Hall–Kier alpha value is -4.14. The second-order valence-corrected chi connectivity index (χ2v) is 8.49. The van der Waals surface area contributed by atoms with Gasteiger partial charge in [0, 0.05) is 44.2 Å². The van der Waals surface area contributed by atoms with Crippen LogP contribution in [0.1, 0.15) is 35.6 Å². The number of aromatic nitrogens is 2. The fourth-order valence-electron chi connectivity index (χ4n) is 4.38. The number of imidazole rings is 1. The van der Waals surface area contributed by atoms with E-state index in [0.29, 0.717) is 13.0 Å². The lowest BCUT2D eigenvalue weighted by molar-refractivity contribution is -0.137. The van der Waals surface area contributed by atoms with Crippen molar-refractivity contribution < 1.29 is 24.2 Å². The molecule has 1 aromatic heterocycles. The molecule has 3 aromatic rings. The van der Waals surface area contributed by atoms with E-state index in [-0.39, 0.29) is 25.4 Å². The van der Waals surface area contributed by atoms with Gasteiger partial charge in [0.25, 0.3) is 0 Å². The average molecular weight is 477 g/mol. The van der Waals surface area contributed by atoms with Crippen LogP contribution in [-0.4, -0.2) is 51.8 Å². The smallest absolute Gasteiger partial charge is 0.407 e. The molecule has 0 aliphatic heterocycles. The number of aliphatic carboxylic acids is 1. The molecule has 0 bridgehead atoms. The minimum Gasteiger partial charge on any atom is -0.481 e. The van der Waals surface area contributed by atoms with E-state index in [4.69, 9.17) is 9.84 Å². The topological polar surface area (TPSA) is 123 Å². The van der Waals surface area contributed by atoms with E-state index < -0.39 is 24.0 Å². The lowest BCUT2D eigenvalue weighted by atomic mass is 9.98. The highest BCUT2D eigenvalue weighted by Gasteiger charge is 2.30. The maximum Gasteiger partial charge on any atom is 0.407 e. The number of amides is 2. The Labute approximate surface area is 203 Å². The Morgan fingerprint density at radius 1 is 1.09 bits per heavy atom. The number of aryl methyl sites for hydroxylation is 1. The summed E-state index contributed by atoms with van der Waals surface area (Å²) in [5, 5.41) is 14.4. The van der Waals surface area contributed by atoms with Crippen LogP contribution in [0.5, 0.6) is 0 Å². The van der Waals surface area contributed by atoms with Crippen LogP contribution in [-0.2, 0) is 27.8 Å². The highest BCUT2D eigenvalue weighted by Crippen LogP contribution is 2.44. The van der Waals surface area contributed by atoms with Gasteiger partial charge in [0.2, 0.25) is 5.91 Å². The van der Waals surface area contributed by atoms with Gasteiger partial charge in [0.15, 0.2) is 0 Å². The Morgan fingerprint density at radius 2 is 1.74 bits per heavy atom. The Balaban J connectivity index is 1.36. The van der Waals surface area contributed by atoms with Gasteiger partial charge in [-0.15, -0.1) is 0 Å². The van der Waals surface area contributed by atoms with Crippen molar-refractivity contribution in [2.45, 2.75) is 31.2 Å². The number of nitrogens with zero attached hydrogens (tertiary/aromatic N) is 2. The van der Waals surface area contributed by atoms with Gasteiger partial charge in [-0.1, -0.05) is 48.5 Å². The second kappa shape index (κ2) is 10.9. The molecule has 0 saturated heterocycles. The number of fused-ring (bicyclic) bond motifs is 3. The van der Waals surface area contributed by atoms with E-state index in [1.165, 1.54) is 0 Å². The molecule has 9 heteroatoms. The first-order valence-corrected chi connectivity index (χ1v) is 11.5. The van der Waals surface area contributed by atoms with Crippen molar-refractivity contribution in [1.29, 1.82) is 0 Å². The summed E-state index contributed by atoms with van der Waals surface area (Å²) in [6.07, 6.45) is 2.87. The Morgan fingerprint density at radius 3 is 2.34 bits per heavy atom. The molecule has 2 aromatic carbocycles. The highest BCUT2D eigenvalue weighted by atomic mass is 16.5. The third-order valence-corrected chi connectivity index (χ3v) is 6.20. The number of hydrogen-bond acceptors (Lipinski definition) is 5. The van der Waals surface area contributed by atoms with E-state index >= 15 is 0 Å². The molecule has 35 heavy (non-hydrogen) atoms. The van der Waals surface area contributed by atoms with Crippen LogP contribution in [0.25, 0.3) is 11.1 Å². The van der Waals surface area contributed by atoms with Crippen molar-refractivity contribution in [2.24, 2.45) is 7.05 Å². The van der Waals surface area contributed by atoms with Gasteiger partial charge < -0.3 is 25.0 Å². The average Bonchev–Trinajstić information content (AvgIpc) is 3.41. The molecule has 182 valence electrons. The van der Waals surface area contributed by atoms with E-state index in [9.17, 15) is 14.4 Å². The molecule has 0 radical (unpaired) electrons. The second-order valence-electron chi connectivity index (χ2n) is 8.49. The third kappa shape index (κ3) is 5.68. The first kappa shape index (κ1) is 24.0. The first-order valence-electron chi connectivity index (χ1n) is 11.5. The van der Waals surface area contributed by atoms with Crippen molar-refractivity contribution in [3.8, 4) is 11.1 Å². The minimum atomic E-state index is -1.05. The van der Waals surface area contributed by atoms with Crippen LogP contribution in [0.15, 0.2) is 61.1 Å². The quantitative estimate of drug-likeness (QED) is 0.414. The summed E-state index contributed by atoms with van der Waals surface area (Å²) in [4.78, 5) is 40.4. The van der Waals surface area contributed by atoms with E-state index in [1.54, 1.807) is 12.5 Å². The first-order chi connectivity index (χ1) is 16.9. The van der Waals surface area contributed by atoms with Gasteiger partial charge in [-0.05, 0) is 28.7 Å². The predicted octanol–water partition coefficient (Wildman–Crippen LogP) is 2.85. The zero-order valence-electron chi connectivity index (χ0n) is 19.4. The van der Waals surface area contributed by atoms with E-state index in [2.05, 4.69) is 15.6 Å². The van der Waals surface area contributed by atoms with Gasteiger partial charge in [-0.25, -0.2) is 9.78 Å². The molecule has 1 heterocycles. The number of carboxylic acids is 1. The molecule has 0 fully saturated rings. The third-order valence-electron chi connectivity index (χ3n) is 6.20. The number of carbonyl (C=O) groups is 3. The Kier molecular flexibility index (Phi) is 7.45. The zero-order valence-corrected chi connectivity index (χ0v) is 19.4. The SMILES string of the molecule is Cn1cncc1CCNC(=O)C(CCC(=O)O)NC(=O)OCC1c2ccccc2-c2ccccc21. The van der Waals surface area contributed by atoms with Gasteiger partial charge in [-0.3, -0.25) is 9.59 Å². The molecule has 1 atom stereocenters. The van der Waals surface area contributed by atoms with Crippen molar-refractivity contribution in [3.63, 3.8) is 0 Å². The fourth-order valence-corrected chi connectivity index (χ4v) is 4.38. The monoisotopic (exact) mass is 476 g/mol. The van der Waals surface area contributed by atoms with E-state index in [1.807, 2.05) is 60.1 Å². The molecule has 1 unspecified atom stereocenters. The number of carboxylic acid groups (broad SMARTS) is 1. The standard InChI is InChI=1S/C26H28N4O5/c1-30-16-27-14-17(30)12-13-28-25(33)23(10-11-24(31)32)29-26(34)35-15-22-20-8-4-2-6-18(20)19-7-3-5-9-21(19)22/h2-9,14,16,22-23H,10-13,15H2,1H3,(H,28,33)(H,29,34)(H,31,32). The number of carbonyl (C=O) groups excluding carboxylic acids is 2. The number of rotatable bonds is 10. The highest BCUT2D eigenvalue weighted by molar-refractivity contribution is 5.86. The number of ether oxygens (including phenoxy) is 1.